The van der Waals surface area contributed by atoms with Crippen molar-refractivity contribution in [1.82, 2.24) is 19.3 Å². The van der Waals surface area contributed by atoms with Crippen LogP contribution >= 0.6 is 11.6 Å². The third kappa shape index (κ3) is 4.29. The van der Waals surface area contributed by atoms with E-state index in [0.717, 1.165) is 42.5 Å². The second kappa shape index (κ2) is 9.31. The number of fused-ring (bicyclic) bond motifs is 1. The van der Waals surface area contributed by atoms with Crippen molar-refractivity contribution in [2.24, 2.45) is 12.5 Å². The average Bonchev–Trinajstić information content (AvgIpc) is 3.64. The van der Waals surface area contributed by atoms with Gasteiger partial charge in [-0.15, -0.1) is 0 Å². The lowest BCUT2D eigenvalue weighted by atomic mass is 9.87. The van der Waals surface area contributed by atoms with E-state index in [4.69, 9.17) is 11.6 Å². The highest BCUT2D eigenvalue weighted by Crippen LogP contribution is 2.44. The molecule has 1 saturated heterocycles. The van der Waals surface area contributed by atoms with Crippen LogP contribution in [0.15, 0.2) is 65.8 Å². The zero-order valence-corrected chi connectivity index (χ0v) is 22.8. The molecule has 7 nitrogen and oxygen atoms in total. The number of benzene rings is 3. The molecule has 0 radical (unpaired) electrons. The van der Waals surface area contributed by atoms with Crippen LogP contribution in [0.4, 0.5) is 10.1 Å². The predicted molar refractivity (Wildman–Crippen MR) is 153 cm³/mol. The van der Waals surface area contributed by atoms with Crippen LogP contribution in [-0.4, -0.2) is 37.5 Å². The summed E-state index contributed by atoms with van der Waals surface area (Å²) in [4.78, 5) is 14.7. The number of anilines is 1. The largest absolute Gasteiger partial charge is 0.507 e. The van der Waals surface area contributed by atoms with E-state index in [-0.39, 0.29) is 16.9 Å². The Morgan fingerprint density at radius 2 is 1.87 bits per heavy atom. The van der Waals surface area contributed by atoms with Crippen molar-refractivity contribution >= 4 is 28.2 Å². The molecule has 3 heterocycles. The van der Waals surface area contributed by atoms with Crippen molar-refractivity contribution in [2.45, 2.75) is 26.7 Å². The van der Waals surface area contributed by atoms with Crippen molar-refractivity contribution in [3.63, 3.8) is 0 Å². The molecule has 1 aliphatic rings. The van der Waals surface area contributed by atoms with Crippen LogP contribution in [-0.2, 0) is 7.05 Å². The first-order valence-electron chi connectivity index (χ1n) is 13.0. The molecule has 1 fully saturated rings. The standard InChI is InChI=1S/C30H29ClFN5O2/c1-4-30(2)7-8-36(17-30)27-13-19(12-25-23(27)16-33-34-25)22-15-20(32)14-21(28(22)38)18-5-6-26(24(31)11-18)37-10-9-35(3)29(37)39/h5-6,9-16,38H,4,7-8,17H2,1-3H3,(H,33,34)/t30-/m1/s1. The molecule has 0 bridgehead atoms. The van der Waals surface area contributed by atoms with Gasteiger partial charge in [-0.3, -0.25) is 9.67 Å². The average molecular weight is 546 g/mol. The summed E-state index contributed by atoms with van der Waals surface area (Å²) in [7, 11) is 1.66. The lowest BCUT2D eigenvalue weighted by Gasteiger charge is -2.25. The monoisotopic (exact) mass is 545 g/mol. The van der Waals surface area contributed by atoms with Crippen LogP contribution in [0.3, 0.4) is 0 Å². The van der Waals surface area contributed by atoms with Gasteiger partial charge < -0.3 is 14.6 Å². The smallest absolute Gasteiger partial charge is 0.332 e. The van der Waals surface area contributed by atoms with Crippen LogP contribution in [0.5, 0.6) is 5.75 Å². The molecule has 39 heavy (non-hydrogen) atoms. The molecule has 3 aromatic carbocycles. The lowest BCUT2D eigenvalue weighted by molar-refractivity contribution is 0.355. The number of aromatic amines is 1. The quantitative estimate of drug-likeness (QED) is 0.264. The molecule has 0 aliphatic carbocycles. The number of aromatic hydroxyl groups is 1. The second-order valence-electron chi connectivity index (χ2n) is 10.7. The molecule has 9 heteroatoms. The van der Waals surface area contributed by atoms with E-state index in [2.05, 4.69) is 28.9 Å². The summed E-state index contributed by atoms with van der Waals surface area (Å²) in [6.45, 7) is 6.36. The SMILES string of the molecule is CC[C@]1(C)CCN(c2cc(-c3cc(F)cc(-c4ccc(-n5ccn(C)c5=O)c(Cl)c4)c3O)cc3[nH]ncc23)C1. The Hall–Kier alpha value is -4.04. The number of halogens is 2. The van der Waals surface area contributed by atoms with E-state index in [1.807, 2.05) is 18.3 Å². The molecule has 200 valence electrons. The number of phenolic OH excluding ortho intramolecular Hbond substituents is 1. The normalized spacial score (nSPS) is 17.4. The minimum absolute atomic E-state index is 0.0540. The van der Waals surface area contributed by atoms with E-state index in [9.17, 15) is 9.90 Å². The third-order valence-corrected chi connectivity index (χ3v) is 8.44. The summed E-state index contributed by atoms with van der Waals surface area (Å²) in [5.41, 5.74) is 4.23. The molecule has 1 aliphatic heterocycles. The van der Waals surface area contributed by atoms with Crippen molar-refractivity contribution in [3.8, 4) is 33.7 Å². The number of aryl methyl sites for hydroxylation is 1. The first kappa shape index (κ1) is 25.2. The molecule has 2 N–H and O–H groups in total. The van der Waals surface area contributed by atoms with Crippen LogP contribution in [0, 0.1) is 11.2 Å². The van der Waals surface area contributed by atoms with E-state index in [0.29, 0.717) is 33.0 Å². The van der Waals surface area contributed by atoms with Crippen LogP contribution < -0.4 is 10.6 Å². The van der Waals surface area contributed by atoms with Gasteiger partial charge in [-0.25, -0.2) is 9.18 Å². The first-order chi connectivity index (χ1) is 18.7. The molecule has 5 aromatic rings. The maximum Gasteiger partial charge on any atom is 0.332 e. The number of rotatable bonds is 5. The first-order valence-corrected chi connectivity index (χ1v) is 13.3. The van der Waals surface area contributed by atoms with Gasteiger partial charge in [0, 0.05) is 54.7 Å². The molecular weight excluding hydrogens is 517 g/mol. The summed E-state index contributed by atoms with van der Waals surface area (Å²) in [5, 5.41) is 20.0. The fraction of sp³-hybridized carbons (Fsp3) is 0.267. The van der Waals surface area contributed by atoms with Crippen LogP contribution in [0.25, 0.3) is 38.8 Å². The van der Waals surface area contributed by atoms with Gasteiger partial charge in [-0.2, -0.15) is 5.10 Å². The summed E-state index contributed by atoms with van der Waals surface area (Å²) >= 11 is 6.56. The number of nitrogens with zero attached hydrogens (tertiary/aromatic N) is 4. The molecule has 1 atom stereocenters. The maximum absolute atomic E-state index is 15.1. The van der Waals surface area contributed by atoms with Crippen LogP contribution in [0.2, 0.25) is 5.02 Å². The highest BCUT2D eigenvalue weighted by molar-refractivity contribution is 6.32. The topological polar surface area (TPSA) is 79.1 Å². The van der Waals surface area contributed by atoms with E-state index >= 15 is 4.39 Å². The highest BCUT2D eigenvalue weighted by Gasteiger charge is 2.33. The Labute approximate surface area is 230 Å². The zero-order valence-electron chi connectivity index (χ0n) is 22.0. The van der Waals surface area contributed by atoms with Gasteiger partial charge >= 0.3 is 5.69 Å². The van der Waals surface area contributed by atoms with Gasteiger partial charge in [-0.05, 0) is 65.8 Å². The molecule has 0 saturated carbocycles. The van der Waals surface area contributed by atoms with Crippen molar-refractivity contribution in [1.29, 1.82) is 0 Å². The zero-order chi connectivity index (χ0) is 27.5. The van der Waals surface area contributed by atoms with E-state index in [1.54, 1.807) is 37.6 Å². The number of imidazole rings is 1. The summed E-state index contributed by atoms with van der Waals surface area (Å²) < 4.78 is 17.9. The lowest BCUT2D eigenvalue weighted by Crippen LogP contribution is -2.24. The number of hydrogen-bond acceptors (Lipinski definition) is 4. The number of hydrogen-bond donors (Lipinski definition) is 2. The van der Waals surface area contributed by atoms with Crippen LogP contribution in [0.1, 0.15) is 26.7 Å². The van der Waals surface area contributed by atoms with Gasteiger partial charge in [0.05, 0.1) is 22.4 Å². The fourth-order valence-corrected chi connectivity index (χ4v) is 5.80. The molecule has 0 unspecified atom stereocenters. The van der Waals surface area contributed by atoms with Gasteiger partial charge in [0.15, 0.2) is 0 Å². The Kier molecular flexibility index (Phi) is 6.03. The minimum Gasteiger partial charge on any atom is -0.507 e. The van der Waals surface area contributed by atoms with E-state index < -0.39 is 5.82 Å². The number of nitrogens with one attached hydrogen (secondary N) is 1. The molecular formula is C30H29ClFN5O2. The van der Waals surface area contributed by atoms with Crippen molar-refractivity contribution < 1.29 is 9.50 Å². The molecule has 0 amide bonds. The summed E-state index contributed by atoms with van der Waals surface area (Å²) in [6, 6.07) is 11.6. The Morgan fingerprint density at radius 3 is 2.54 bits per heavy atom. The maximum atomic E-state index is 15.1. The second-order valence-corrected chi connectivity index (χ2v) is 11.1. The molecule has 0 spiro atoms. The minimum atomic E-state index is -0.483. The Bertz CT molecular complexity index is 1790. The van der Waals surface area contributed by atoms with Gasteiger partial charge in [0.2, 0.25) is 0 Å². The number of aromatic nitrogens is 4. The fourth-order valence-electron chi connectivity index (χ4n) is 5.52. The predicted octanol–water partition coefficient (Wildman–Crippen LogP) is 6.51. The van der Waals surface area contributed by atoms with E-state index in [1.165, 1.54) is 21.3 Å². The van der Waals surface area contributed by atoms with Gasteiger partial charge in [0.1, 0.15) is 11.6 Å². The summed E-state index contributed by atoms with van der Waals surface area (Å²) in [6.07, 6.45) is 7.27. The Morgan fingerprint density at radius 1 is 1.10 bits per heavy atom. The van der Waals surface area contributed by atoms with Crippen molar-refractivity contribution in [2.75, 3.05) is 18.0 Å². The summed E-state index contributed by atoms with van der Waals surface area (Å²) in [5.74, 6) is -0.537. The van der Waals surface area contributed by atoms with Gasteiger partial charge in [0.25, 0.3) is 0 Å². The number of phenols is 1. The number of H-pyrrole nitrogens is 1. The molecule has 6 rings (SSSR count). The third-order valence-electron chi connectivity index (χ3n) is 8.14. The van der Waals surface area contributed by atoms with Gasteiger partial charge in [-0.1, -0.05) is 31.5 Å². The molecule has 2 aromatic heterocycles. The Balaban J connectivity index is 1.45. The highest BCUT2D eigenvalue weighted by atomic mass is 35.5. The van der Waals surface area contributed by atoms with Crippen molar-refractivity contribution in [3.05, 3.63) is 82.4 Å².